The number of aromatic nitrogens is 1. The van der Waals surface area contributed by atoms with E-state index < -0.39 is 0 Å². The standard InChI is InChI=1S/C11H13N/c1-11(7-3-2-4-8-11)10-6-5-9-12-10/h2-7,9,12H,8H2,1H3. The van der Waals surface area contributed by atoms with Crippen LogP contribution in [0.3, 0.4) is 0 Å². The maximum absolute atomic E-state index is 3.26. The van der Waals surface area contributed by atoms with Crippen LogP contribution in [0.15, 0.2) is 42.6 Å². The molecule has 0 spiro atoms. The van der Waals surface area contributed by atoms with Crippen LogP contribution in [-0.4, -0.2) is 4.98 Å². The first kappa shape index (κ1) is 7.41. The molecule has 1 aliphatic carbocycles. The molecular formula is C11H13N. The Bertz CT molecular complexity index is 306. The van der Waals surface area contributed by atoms with E-state index in [2.05, 4.69) is 42.3 Å². The fourth-order valence-corrected chi connectivity index (χ4v) is 1.61. The van der Waals surface area contributed by atoms with Crippen LogP contribution < -0.4 is 0 Å². The normalized spacial score (nSPS) is 27.8. The van der Waals surface area contributed by atoms with Crippen LogP contribution in [-0.2, 0) is 5.41 Å². The minimum absolute atomic E-state index is 0.179. The van der Waals surface area contributed by atoms with Crippen LogP contribution >= 0.6 is 0 Å². The van der Waals surface area contributed by atoms with Crippen LogP contribution in [0, 0.1) is 0 Å². The maximum atomic E-state index is 3.26. The predicted molar refractivity (Wildman–Crippen MR) is 51.0 cm³/mol. The van der Waals surface area contributed by atoms with E-state index in [1.54, 1.807) is 0 Å². The maximum Gasteiger partial charge on any atom is 0.0292 e. The van der Waals surface area contributed by atoms with Gasteiger partial charge in [0.05, 0.1) is 0 Å². The average Bonchev–Trinajstić information content (AvgIpc) is 2.58. The summed E-state index contributed by atoms with van der Waals surface area (Å²) in [5.41, 5.74) is 1.47. The Hall–Kier alpha value is -1.24. The average molecular weight is 159 g/mol. The highest BCUT2D eigenvalue weighted by Crippen LogP contribution is 2.30. The number of nitrogens with one attached hydrogen (secondary N) is 1. The zero-order valence-corrected chi connectivity index (χ0v) is 7.25. The molecule has 1 heterocycles. The van der Waals surface area contributed by atoms with Crippen molar-refractivity contribution in [1.82, 2.24) is 4.98 Å². The van der Waals surface area contributed by atoms with Gasteiger partial charge < -0.3 is 4.98 Å². The molecule has 1 nitrogen and oxygen atoms in total. The van der Waals surface area contributed by atoms with Gasteiger partial charge in [-0.2, -0.15) is 0 Å². The predicted octanol–water partition coefficient (Wildman–Crippen LogP) is 2.79. The first-order valence-electron chi connectivity index (χ1n) is 4.29. The van der Waals surface area contributed by atoms with Gasteiger partial charge in [0.2, 0.25) is 0 Å². The molecule has 0 saturated heterocycles. The zero-order valence-electron chi connectivity index (χ0n) is 7.25. The molecule has 62 valence electrons. The zero-order chi connectivity index (χ0) is 8.44. The molecule has 1 unspecified atom stereocenters. The van der Waals surface area contributed by atoms with E-state index in [1.807, 2.05) is 12.3 Å². The summed E-state index contributed by atoms with van der Waals surface area (Å²) < 4.78 is 0. The minimum atomic E-state index is 0.179. The lowest BCUT2D eigenvalue weighted by molar-refractivity contribution is 0.583. The summed E-state index contributed by atoms with van der Waals surface area (Å²) in [5, 5.41) is 0. The van der Waals surface area contributed by atoms with Gasteiger partial charge in [0.1, 0.15) is 0 Å². The highest BCUT2D eigenvalue weighted by molar-refractivity contribution is 5.30. The molecule has 2 rings (SSSR count). The Balaban J connectivity index is 2.34. The lowest BCUT2D eigenvalue weighted by Gasteiger charge is -2.25. The van der Waals surface area contributed by atoms with Crippen LogP contribution in [0.2, 0.25) is 0 Å². The van der Waals surface area contributed by atoms with Crippen molar-refractivity contribution in [2.45, 2.75) is 18.8 Å². The molecule has 0 radical (unpaired) electrons. The van der Waals surface area contributed by atoms with E-state index in [0.29, 0.717) is 0 Å². The van der Waals surface area contributed by atoms with Gasteiger partial charge in [-0.05, 0) is 18.6 Å². The molecule has 0 saturated carbocycles. The highest BCUT2D eigenvalue weighted by atomic mass is 14.7. The summed E-state index contributed by atoms with van der Waals surface area (Å²) in [6, 6.07) is 4.19. The third kappa shape index (κ3) is 1.11. The summed E-state index contributed by atoms with van der Waals surface area (Å²) in [6.07, 6.45) is 11.7. The largest absolute Gasteiger partial charge is 0.364 e. The molecule has 1 heteroatoms. The van der Waals surface area contributed by atoms with Crippen LogP contribution in [0.5, 0.6) is 0 Å². The van der Waals surface area contributed by atoms with Crippen molar-refractivity contribution >= 4 is 0 Å². The van der Waals surface area contributed by atoms with E-state index >= 15 is 0 Å². The topological polar surface area (TPSA) is 15.8 Å². The highest BCUT2D eigenvalue weighted by Gasteiger charge is 2.23. The summed E-state index contributed by atoms with van der Waals surface area (Å²) in [6.45, 7) is 2.25. The number of hydrogen-bond acceptors (Lipinski definition) is 0. The van der Waals surface area contributed by atoms with Gasteiger partial charge in [-0.15, -0.1) is 0 Å². The molecule has 1 aromatic rings. The van der Waals surface area contributed by atoms with Crippen molar-refractivity contribution in [3.8, 4) is 0 Å². The van der Waals surface area contributed by atoms with Crippen molar-refractivity contribution in [2.24, 2.45) is 0 Å². The van der Waals surface area contributed by atoms with Crippen molar-refractivity contribution in [1.29, 1.82) is 0 Å². The number of hydrogen-bond donors (Lipinski definition) is 1. The Morgan fingerprint density at radius 1 is 1.42 bits per heavy atom. The smallest absolute Gasteiger partial charge is 0.0292 e. The van der Waals surface area contributed by atoms with E-state index in [1.165, 1.54) is 5.69 Å². The van der Waals surface area contributed by atoms with E-state index in [4.69, 9.17) is 0 Å². The lowest BCUT2D eigenvalue weighted by Crippen LogP contribution is -2.19. The fourth-order valence-electron chi connectivity index (χ4n) is 1.61. The second-order valence-electron chi connectivity index (χ2n) is 3.49. The first-order chi connectivity index (χ1) is 5.81. The lowest BCUT2D eigenvalue weighted by atomic mass is 9.81. The minimum Gasteiger partial charge on any atom is -0.364 e. The van der Waals surface area contributed by atoms with Gasteiger partial charge in [-0.3, -0.25) is 0 Å². The van der Waals surface area contributed by atoms with Gasteiger partial charge >= 0.3 is 0 Å². The molecule has 0 amide bonds. The number of aromatic amines is 1. The SMILES string of the molecule is CC1(c2ccc[nH]2)C=CC=CC1. The molecule has 0 aromatic carbocycles. The van der Waals surface area contributed by atoms with Gasteiger partial charge in [0.15, 0.2) is 0 Å². The van der Waals surface area contributed by atoms with Gasteiger partial charge in [0.25, 0.3) is 0 Å². The number of allylic oxidation sites excluding steroid dienone is 4. The second kappa shape index (κ2) is 2.67. The molecule has 0 aliphatic heterocycles. The number of rotatable bonds is 1. The van der Waals surface area contributed by atoms with E-state index in [9.17, 15) is 0 Å². The van der Waals surface area contributed by atoms with Crippen molar-refractivity contribution in [2.75, 3.05) is 0 Å². The number of H-pyrrole nitrogens is 1. The molecule has 0 bridgehead atoms. The molecule has 1 aromatic heterocycles. The summed E-state index contributed by atoms with van der Waals surface area (Å²) in [5.74, 6) is 0. The fraction of sp³-hybridized carbons (Fsp3) is 0.273. The monoisotopic (exact) mass is 159 g/mol. The van der Waals surface area contributed by atoms with Gasteiger partial charge in [0, 0.05) is 17.3 Å². The first-order valence-corrected chi connectivity index (χ1v) is 4.29. The molecule has 12 heavy (non-hydrogen) atoms. The second-order valence-corrected chi connectivity index (χ2v) is 3.49. The van der Waals surface area contributed by atoms with Gasteiger partial charge in [-0.1, -0.05) is 31.2 Å². The molecule has 1 N–H and O–H groups in total. The van der Waals surface area contributed by atoms with E-state index in [-0.39, 0.29) is 5.41 Å². The Morgan fingerprint density at radius 2 is 2.33 bits per heavy atom. The Labute approximate surface area is 72.8 Å². The molecule has 0 fully saturated rings. The van der Waals surface area contributed by atoms with Crippen molar-refractivity contribution < 1.29 is 0 Å². The molecule has 1 atom stereocenters. The quantitative estimate of drug-likeness (QED) is 0.648. The summed E-state index contributed by atoms with van der Waals surface area (Å²) in [4.78, 5) is 3.26. The summed E-state index contributed by atoms with van der Waals surface area (Å²) in [7, 11) is 0. The van der Waals surface area contributed by atoms with Crippen molar-refractivity contribution in [3.05, 3.63) is 48.3 Å². The third-order valence-electron chi connectivity index (χ3n) is 2.47. The molecule has 1 aliphatic rings. The van der Waals surface area contributed by atoms with Crippen LogP contribution in [0.4, 0.5) is 0 Å². The van der Waals surface area contributed by atoms with Crippen molar-refractivity contribution in [3.63, 3.8) is 0 Å². The van der Waals surface area contributed by atoms with Crippen LogP contribution in [0.1, 0.15) is 19.0 Å². The third-order valence-corrected chi connectivity index (χ3v) is 2.47. The van der Waals surface area contributed by atoms with Gasteiger partial charge in [-0.25, -0.2) is 0 Å². The Kier molecular flexibility index (Phi) is 1.65. The van der Waals surface area contributed by atoms with Crippen LogP contribution in [0.25, 0.3) is 0 Å². The Morgan fingerprint density at radius 3 is 2.92 bits per heavy atom. The van der Waals surface area contributed by atoms with E-state index in [0.717, 1.165) is 6.42 Å². The molecular weight excluding hydrogens is 146 g/mol. The summed E-state index contributed by atoms with van der Waals surface area (Å²) >= 11 is 0.